The van der Waals surface area contributed by atoms with Crippen LogP contribution in [-0.4, -0.2) is 17.1 Å². The van der Waals surface area contributed by atoms with Crippen LogP contribution < -0.4 is 4.74 Å². The first-order valence-electron chi connectivity index (χ1n) is 7.99. The van der Waals surface area contributed by atoms with E-state index in [0.29, 0.717) is 0 Å². The fourth-order valence-electron chi connectivity index (χ4n) is 3.01. The first-order chi connectivity index (χ1) is 12.1. The number of halogens is 1. The fraction of sp³-hybridized carbons (Fsp3) is 0.150. The van der Waals surface area contributed by atoms with Crippen LogP contribution in [0.3, 0.4) is 0 Å². The Morgan fingerprint density at radius 3 is 2.72 bits per heavy atom. The number of ether oxygens (including phenoxy) is 1. The van der Waals surface area contributed by atoms with Crippen molar-refractivity contribution in [3.63, 3.8) is 0 Å². The Kier molecular flexibility index (Phi) is 4.01. The molecule has 1 N–H and O–H groups in total. The molecule has 2 heterocycles. The highest BCUT2D eigenvalue weighted by Crippen LogP contribution is 2.30. The number of thiazole rings is 1. The van der Waals surface area contributed by atoms with Crippen molar-refractivity contribution in [2.45, 2.75) is 13.3 Å². The maximum Gasteiger partial charge on any atom is 0.123 e. The van der Waals surface area contributed by atoms with E-state index < -0.39 is 0 Å². The molecule has 0 unspecified atom stereocenters. The molecule has 2 aromatic carbocycles. The number of benzene rings is 2. The van der Waals surface area contributed by atoms with Crippen LogP contribution in [0.4, 0.5) is 4.39 Å². The van der Waals surface area contributed by atoms with Gasteiger partial charge in [-0.25, -0.2) is 9.37 Å². The van der Waals surface area contributed by atoms with Crippen molar-refractivity contribution in [1.29, 1.82) is 0 Å². The molecule has 25 heavy (non-hydrogen) atoms. The van der Waals surface area contributed by atoms with Gasteiger partial charge in [0.2, 0.25) is 0 Å². The van der Waals surface area contributed by atoms with Crippen molar-refractivity contribution in [3.8, 4) is 17.0 Å². The highest BCUT2D eigenvalue weighted by atomic mass is 32.1. The molecule has 5 heteroatoms. The lowest BCUT2D eigenvalue weighted by Gasteiger charge is -2.02. The molecule has 0 aliphatic carbocycles. The number of nitrogens with one attached hydrogen (secondary N) is 1. The van der Waals surface area contributed by atoms with Gasteiger partial charge in [0.05, 0.1) is 17.8 Å². The number of aryl methyl sites for hydroxylation is 1. The quantitative estimate of drug-likeness (QED) is 0.538. The molecular formula is C20H17FN2OS. The first kappa shape index (κ1) is 15.8. The normalized spacial score (nSPS) is 11.2. The van der Waals surface area contributed by atoms with E-state index in [-0.39, 0.29) is 5.82 Å². The predicted octanol–water partition coefficient (Wildman–Crippen LogP) is 5.34. The van der Waals surface area contributed by atoms with Crippen molar-refractivity contribution < 1.29 is 9.13 Å². The zero-order valence-electron chi connectivity index (χ0n) is 14.0. The van der Waals surface area contributed by atoms with E-state index in [1.165, 1.54) is 17.7 Å². The number of rotatable bonds is 4. The second-order valence-electron chi connectivity index (χ2n) is 5.95. The van der Waals surface area contributed by atoms with E-state index in [0.717, 1.165) is 45.0 Å². The van der Waals surface area contributed by atoms with Crippen LogP contribution in [-0.2, 0) is 6.42 Å². The van der Waals surface area contributed by atoms with Crippen LogP contribution in [0.1, 0.15) is 16.3 Å². The van der Waals surface area contributed by atoms with Crippen molar-refractivity contribution in [1.82, 2.24) is 9.97 Å². The van der Waals surface area contributed by atoms with Gasteiger partial charge in [-0.2, -0.15) is 0 Å². The van der Waals surface area contributed by atoms with Gasteiger partial charge in [0.25, 0.3) is 0 Å². The molecule has 4 aromatic rings. The molecule has 0 aliphatic heterocycles. The number of hydrogen-bond donors (Lipinski definition) is 1. The number of methoxy groups -OCH3 is 1. The standard InChI is InChI=1S/C20H17FN2OS/c1-12-16(17-9-15(24-2)7-8-18(17)22-12)10-20-23-19(11-25-20)13-3-5-14(21)6-4-13/h3-9,11,22H,10H2,1-2H3. The molecule has 2 aromatic heterocycles. The predicted molar refractivity (Wildman–Crippen MR) is 99.9 cm³/mol. The second kappa shape index (κ2) is 6.33. The highest BCUT2D eigenvalue weighted by molar-refractivity contribution is 7.10. The third-order valence-corrected chi connectivity index (χ3v) is 5.20. The van der Waals surface area contributed by atoms with Crippen LogP contribution in [0.5, 0.6) is 5.75 Å². The van der Waals surface area contributed by atoms with E-state index in [2.05, 4.69) is 18.0 Å². The van der Waals surface area contributed by atoms with Gasteiger partial charge in [-0.3, -0.25) is 0 Å². The minimum atomic E-state index is -0.234. The molecule has 0 fully saturated rings. The van der Waals surface area contributed by atoms with Crippen molar-refractivity contribution >= 4 is 22.2 Å². The number of nitrogens with zero attached hydrogens (tertiary/aromatic N) is 1. The van der Waals surface area contributed by atoms with Gasteiger partial charge in [-0.05, 0) is 55.0 Å². The molecular weight excluding hydrogens is 335 g/mol. The van der Waals surface area contributed by atoms with Crippen LogP contribution in [0.25, 0.3) is 22.2 Å². The van der Waals surface area contributed by atoms with Gasteiger partial charge in [0.15, 0.2) is 0 Å². The highest BCUT2D eigenvalue weighted by Gasteiger charge is 2.13. The Labute approximate surface area is 149 Å². The Balaban J connectivity index is 1.67. The smallest absolute Gasteiger partial charge is 0.123 e. The molecule has 0 saturated carbocycles. The second-order valence-corrected chi connectivity index (χ2v) is 6.89. The summed E-state index contributed by atoms with van der Waals surface area (Å²) in [5.41, 5.74) is 5.29. The first-order valence-corrected chi connectivity index (χ1v) is 8.87. The molecule has 0 atom stereocenters. The van der Waals surface area contributed by atoms with Crippen LogP contribution in [0, 0.1) is 12.7 Å². The summed E-state index contributed by atoms with van der Waals surface area (Å²) in [5.74, 6) is 0.612. The van der Waals surface area contributed by atoms with Crippen molar-refractivity contribution in [3.05, 3.63) is 69.9 Å². The minimum absolute atomic E-state index is 0.234. The molecule has 4 rings (SSSR count). The molecule has 0 amide bonds. The Bertz CT molecular complexity index is 1030. The average Bonchev–Trinajstić information content (AvgIpc) is 3.20. The van der Waals surface area contributed by atoms with Crippen LogP contribution in [0.2, 0.25) is 0 Å². The van der Waals surface area contributed by atoms with Crippen molar-refractivity contribution in [2.24, 2.45) is 0 Å². The Morgan fingerprint density at radius 1 is 1.16 bits per heavy atom. The fourth-order valence-corrected chi connectivity index (χ4v) is 3.83. The lowest BCUT2D eigenvalue weighted by Crippen LogP contribution is -1.90. The maximum absolute atomic E-state index is 13.1. The lowest BCUT2D eigenvalue weighted by molar-refractivity contribution is 0.415. The van der Waals surface area contributed by atoms with Crippen molar-refractivity contribution in [2.75, 3.05) is 7.11 Å². The molecule has 0 radical (unpaired) electrons. The van der Waals surface area contributed by atoms with Gasteiger partial charge < -0.3 is 9.72 Å². The van der Waals surface area contributed by atoms with Gasteiger partial charge >= 0.3 is 0 Å². The largest absolute Gasteiger partial charge is 0.497 e. The third kappa shape index (κ3) is 3.03. The van der Waals surface area contributed by atoms with E-state index in [9.17, 15) is 4.39 Å². The van der Waals surface area contributed by atoms with E-state index in [4.69, 9.17) is 9.72 Å². The molecule has 0 saturated heterocycles. The molecule has 3 nitrogen and oxygen atoms in total. The molecule has 126 valence electrons. The van der Waals surface area contributed by atoms with E-state index in [1.807, 2.05) is 17.5 Å². The van der Waals surface area contributed by atoms with E-state index in [1.54, 1.807) is 30.6 Å². The van der Waals surface area contributed by atoms with Gasteiger partial charge in [-0.1, -0.05) is 0 Å². The Hall–Kier alpha value is -2.66. The summed E-state index contributed by atoms with van der Waals surface area (Å²) in [6, 6.07) is 12.5. The summed E-state index contributed by atoms with van der Waals surface area (Å²) >= 11 is 1.62. The monoisotopic (exact) mass is 352 g/mol. The average molecular weight is 352 g/mol. The van der Waals surface area contributed by atoms with Gasteiger partial charge in [0, 0.05) is 34.0 Å². The molecule has 0 bridgehead atoms. The Morgan fingerprint density at radius 2 is 1.96 bits per heavy atom. The lowest BCUT2D eigenvalue weighted by atomic mass is 10.1. The summed E-state index contributed by atoms with van der Waals surface area (Å²) in [5, 5.41) is 4.22. The van der Waals surface area contributed by atoms with Gasteiger partial charge in [0.1, 0.15) is 11.6 Å². The summed E-state index contributed by atoms with van der Waals surface area (Å²) in [6.07, 6.45) is 0.755. The third-order valence-electron chi connectivity index (χ3n) is 4.35. The number of hydrogen-bond acceptors (Lipinski definition) is 3. The molecule has 0 spiro atoms. The zero-order valence-corrected chi connectivity index (χ0v) is 14.8. The number of fused-ring (bicyclic) bond motifs is 1. The topological polar surface area (TPSA) is 37.9 Å². The number of aromatic amines is 1. The summed E-state index contributed by atoms with van der Waals surface area (Å²) in [6.45, 7) is 2.08. The van der Waals surface area contributed by atoms with Gasteiger partial charge in [-0.15, -0.1) is 11.3 Å². The SMILES string of the molecule is COc1ccc2[nH]c(C)c(Cc3nc(-c4ccc(F)cc4)cs3)c2c1. The maximum atomic E-state index is 13.1. The van der Waals surface area contributed by atoms with Crippen LogP contribution >= 0.6 is 11.3 Å². The number of aromatic nitrogens is 2. The van der Waals surface area contributed by atoms with Crippen LogP contribution in [0.15, 0.2) is 47.8 Å². The minimum Gasteiger partial charge on any atom is -0.497 e. The summed E-state index contributed by atoms with van der Waals surface area (Å²) in [4.78, 5) is 8.15. The summed E-state index contributed by atoms with van der Waals surface area (Å²) in [7, 11) is 1.68. The number of H-pyrrole nitrogens is 1. The summed E-state index contributed by atoms with van der Waals surface area (Å²) < 4.78 is 18.4. The van der Waals surface area contributed by atoms with E-state index >= 15 is 0 Å². The zero-order chi connectivity index (χ0) is 17.4. The molecule has 0 aliphatic rings.